The largest absolute Gasteiger partial charge is 0.497 e. The Kier molecular flexibility index (Phi) is 5.13. The third-order valence-corrected chi connectivity index (χ3v) is 4.28. The Morgan fingerprint density at radius 1 is 0.615 bits per heavy atom. The molecule has 0 saturated carbocycles. The number of rotatable bonds is 6. The standard InChI is InChI=1S/C22H18O4/c1-25-19-7-9-21(17(11-19)13-23)15-3-5-16(6-4-15)22-10-8-20(26-2)12-18(22)14-24/h3-14H,1-2H3. The normalized spacial score (nSPS) is 10.2. The van der Waals surface area contributed by atoms with Crippen LogP contribution in [0.3, 0.4) is 0 Å². The zero-order valence-corrected chi connectivity index (χ0v) is 14.6. The third kappa shape index (κ3) is 3.35. The van der Waals surface area contributed by atoms with E-state index in [-0.39, 0.29) is 0 Å². The summed E-state index contributed by atoms with van der Waals surface area (Å²) in [6.45, 7) is 0. The lowest BCUT2D eigenvalue weighted by Crippen LogP contribution is -1.92. The fourth-order valence-corrected chi connectivity index (χ4v) is 2.89. The average Bonchev–Trinajstić information content (AvgIpc) is 2.72. The molecule has 3 aromatic rings. The van der Waals surface area contributed by atoms with Gasteiger partial charge in [-0.25, -0.2) is 0 Å². The molecule has 3 aromatic carbocycles. The first-order valence-corrected chi connectivity index (χ1v) is 8.07. The second-order valence-corrected chi connectivity index (χ2v) is 5.72. The maximum atomic E-state index is 11.4. The number of hydrogen-bond donors (Lipinski definition) is 0. The maximum absolute atomic E-state index is 11.4. The van der Waals surface area contributed by atoms with E-state index in [1.165, 1.54) is 0 Å². The van der Waals surface area contributed by atoms with Gasteiger partial charge in [0.25, 0.3) is 0 Å². The van der Waals surface area contributed by atoms with Gasteiger partial charge in [-0.1, -0.05) is 24.3 Å². The Morgan fingerprint density at radius 2 is 1.00 bits per heavy atom. The topological polar surface area (TPSA) is 52.6 Å². The number of aldehydes is 2. The summed E-state index contributed by atoms with van der Waals surface area (Å²) < 4.78 is 10.3. The molecule has 4 heteroatoms. The Morgan fingerprint density at radius 3 is 1.31 bits per heavy atom. The van der Waals surface area contributed by atoms with E-state index in [0.29, 0.717) is 22.6 Å². The lowest BCUT2D eigenvalue weighted by Gasteiger charge is -2.10. The van der Waals surface area contributed by atoms with Crippen LogP contribution in [0, 0.1) is 0 Å². The quantitative estimate of drug-likeness (QED) is 0.609. The van der Waals surface area contributed by atoms with E-state index in [1.807, 2.05) is 48.5 Å². The van der Waals surface area contributed by atoms with Crippen molar-refractivity contribution in [2.45, 2.75) is 0 Å². The first-order valence-electron chi connectivity index (χ1n) is 8.07. The van der Waals surface area contributed by atoms with Crippen molar-refractivity contribution in [2.24, 2.45) is 0 Å². The van der Waals surface area contributed by atoms with Gasteiger partial charge in [0.15, 0.2) is 12.6 Å². The summed E-state index contributed by atoms with van der Waals surface area (Å²) in [6.07, 6.45) is 1.64. The molecule has 0 bridgehead atoms. The molecule has 0 aliphatic carbocycles. The van der Waals surface area contributed by atoms with Gasteiger partial charge in [0.2, 0.25) is 0 Å². The van der Waals surface area contributed by atoms with Gasteiger partial charge < -0.3 is 9.47 Å². The molecule has 0 N–H and O–H groups in total. The lowest BCUT2D eigenvalue weighted by atomic mass is 9.95. The molecule has 26 heavy (non-hydrogen) atoms. The van der Waals surface area contributed by atoms with Crippen LogP contribution in [-0.4, -0.2) is 26.8 Å². The summed E-state index contributed by atoms with van der Waals surface area (Å²) in [5.74, 6) is 1.28. The molecule has 3 rings (SSSR count). The highest BCUT2D eigenvalue weighted by atomic mass is 16.5. The SMILES string of the molecule is COc1ccc(-c2ccc(-c3ccc(OC)cc3C=O)cc2)c(C=O)c1. The smallest absolute Gasteiger partial charge is 0.150 e. The van der Waals surface area contributed by atoms with Crippen LogP contribution in [-0.2, 0) is 0 Å². The molecule has 0 aromatic heterocycles. The fraction of sp³-hybridized carbons (Fsp3) is 0.0909. The molecular formula is C22H18O4. The monoisotopic (exact) mass is 346 g/mol. The molecule has 0 unspecified atom stereocenters. The van der Waals surface area contributed by atoms with Gasteiger partial charge in [-0.15, -0.1) is 0 Å². The van der Waals surface area contributed by atoms with Crippen LogP contribution >= 0.6 is 0 Å². The summed E-state index contributed by atoms with van der Waals surface area (Å²) in [5.41, 5.74) is 4.62. The molecular weight excluding hydrogens is 328 g/mol. The Hall–Kier alpha value is -3.40. The van der Waals surface area contributed by atoms with Crippen molar-refractivity contribution in [3.63, 3.8) is 0 Å². The number of methoxy groups -OCH3 is 2. The van der Waals surface area contributed by atoms with Crippen molar-refractivity contribution in [1.29, 1.82) is 0 Å². The van der Waals surface area contributed by atoms with E-state index in [9.17, 15) is 9.59 Å². The number of hydrogen-bond acceptors (Lipinski definition) is 4. The van der Waals surface area contributed by atoms with Gasteiger partial charge >= 0.3 is 0 Å². The van der Waals surface area contributed by atoms with Crippen molar-refractivity contribution < 1.29 is 19.1 Å². The molecule has 0 aliphatic heterocycles. The predicted octanol–water partition coefficient (Wildman–Crippen LogP) is 4.66. The predicted molar refractivity (Wildman–Crippen MR) is 101 cm³/mol. The molecule has 0 spiro atoms. The average molecular weight is 346 g/mol. The zero-order valence-electron chi connectivity index (χ0n) is 14.6. The fourth-order valence-electron chi connectivity index (χ4n) is 2.89. The van der Waals surface area contributed by atoms with E-state index in [0.717, 1.165) is 34.8 Å². The second-order valence-electron chi connectivity index (χ2n) is 5.72. The molecule has 0 radical (unpaired) electrons. The van der Waals surface area contributed by atoms with Crippen LogP contribution in [0.4, 0.5) is 0 Å². The van der Waals surface area contributed by atoms with Crippen LogP contribution in [0.1, 0.15) is 20.7 Å². The minimum atomic E-state index is 0.565. The summed E-state index contributed by atoms with van der Waals surface area (Å²) >= 11 is 0. The van der Waals surface area contributed by atoms with E-state index < -0.39 is 0 Å². The van der Waals surface area contributed by atoms with Gasteiger partial charge in [-0.05, 0) is 58.7 Å². The number of carbonyl (C=O) groups excluding carboxylic acids is 2. The van der Waals surface area contributed by atoms with E-state index in [1.54, 1.807) is 26.4 Å². The van der Waals surface area contributed by atoms with Crippen LogP contribution < -0.4 is 9.47 Å². The highest BCUT2D eigenvalue weighted by Crippen LogP contribution is 2.31. The van der Waals surface area contributed by atoms with Gasteiger partial charge in [-0.2, -0.15) is 0 Å². The van der Waals surface area contributed by atoms with Gasteiger partial charge in [0.05, 0.1) is 14.2 Å². The van der Waals surface area contributed by atoms with Crippen LogP contribution in [0.2, 0.25) is 0 Å². The molecule has 0 heterocycles. The summed E-state index contributed by atoms with van der Waals surface area (Å²) in [6, 6.07) is 18.5. The molecule has 0 saturated heterocycles. The first-order chi connectivity index (χ1) is 12.7. The van der Waals surface area contributed by atoms with Crippen molar-refractivity contribution in [3.8, 4) is 33.8 Å². The summed E-state index contributed by atoms with van der Waals surface area (Å²) in [4.78, 5) is 22.8. The molecule has 0 aliphatic rings. The molecule has 0 atom stereocenters. The lowest BCUT2D eigenvalue weighted by molar-refractivity contribution is 0.111. The van der Waals surface area contributed by atoms with Crippen molar-refractivity contribution in [3.05, 3.63) is 71.8 Å². The molecule has 0 amide bonds. The maximum Gasteiger partial charge on any atom is 0.150 e. The second kappa shape index (κ2) is 7.66. The number of benzene rings is 3. The van der Waals surface area contributed by atoms with E-state index in [2.05, 4.69) is 0 Å². The van der Waals surface area contributed by atoms with Gasteiger partial charge in [-0.3, -0.25) is 9.59 Å². The van der Waals surface area contributed by atoms with Crippen LogP contribution in [0.25, 0.3) is 22.3 Å². The van der Waals surface area contributed by atoms with E-state index >= 15 is 0 Å². The first kappa shape index (κ1) is 17.4. The number of ether oxygens (including phenoxy) is 2. The van der Waals surface area contributed by atoms with Gasteiger partial charge in [0.1, 0.15) is 11.5 Å². The van der Waals surface area contributed by atoms with Gasteiger partial charge in [0, 0.05) is 11.1 Å². The Labute approximate surface area is 152 Å². The Bertz CT molecular complexity index is 864. The molecule has 130 valence electrons. The minimum Gasteiger partial charge on any atom is -0.497 e. The summed E-state index contributed by atoms with van der Waals surface area (Å²) in [5, 5.41) is 0. The highest BCUT2D eigenvalue weighted by molar-refractivity contribution is 5.90. The summed E-state index contributed by atoms with van der Waals surface area (Å²) in [7, 11) is 3.13. The van der Waals surface area contributed by atoms with E-state index in [4.69, 9.17) is 9.47 Å². The molecule has 0 fully saturated rings. The van der Waals surface area contributed by atoms with Crippen LogP contribution in [0.15, 0.2) is 60.7 Å². The van der Waals surface area contributed by atoms with Crippen molar-refractivity contribution >= 4 is 12.6 Å². The van der Waals surface area contributed by atoms with Crippen LogP contribution in [0.5, 0.6) is 11.5 Å². The third-order valence-electron chi connectivity index (χ3n) is 4.28. The zero-order chi connectivity index (χ0) is 18.5. The number of carbonyl (C=O) groups is 2. The Balaban J connectivity index is 2.00. The minimum absolute atomic E-state index is 0.565. The highest BCUT2D eigenvalue weighted by Gasteiger charge is 2.09. The van der Waals surface area contributed by atoms with Crippen molar-refractivity contribution in [2.75, 3.05) is 14.2 Å². The molecule has 4 nitrogen and oxygen atoms in total. The van der Waals surface area contributed by atoms with Crippen molar-refractivity contribution in [1.82, 2.24) is 0 Å².